The molecule has 0 saturated carbocycles. The summed E-state index contributed by atoms with van der Waals surface area (Å²) in [6.07, 6.45) is 3.34. The summed E-state index contributed by atoms with van der Waals surface area (Å²) >= 11 is 0. The smallest absolute Gasteiger partial charge is 0.319 e. The number of imidazole rings is 1. The predicted molar refractivity (Wildman–Crippen MR) is 95.1 cm³/mol. The second-order valence-corrected chi connectivity index (χ2v) is 5.68. The summed E-state index contributed by atoms with van der Waals surface area (Å²) in [5, 5.41) is 7.07. The van der Waals surface area contributed by atoms with Gasteiger partial charge in [-0.3, -0.25) is 9.36 Å². The molecule has 0 aliphatic rings. The monoisotopic (exact) mass is 333 g/mol. The number of benzene rings is 2. The van der Waals surface area contributed by atoms with Crippen LogP contribution in [0.15, 0.2) is 65.7 Å². The number of carbonyl (C=O) groups excluding carboxylic acids is 1. The summed E-state index contributed by atoms with van der Waals surface area (Å²) in [5.41, 5.74) is 3.13. The van der Waals surface area contributed by atoms with Gasteiger partial charge in [-0.05, 0) is 30.3 Å². The van der Waals surface area contributed by atoms with E-state index in [0.717, 1.165) is 5.69 Å². The SMILES string of the molecule is Cn1c(=O)[nH]c2ccc(C(=O)Nc3cnn(-c4ccccc4)c3)cc21. The standard InChI is InChI=1S/C18H15N5O2/c1-22-16-9-12(7-8-15(16)21-18(22)25)17(24)20-13-10-19-23(11-13)14-5-3-2-4-6-14/h2-11H,1H3,(H,20,24)(H,21,25). The van der Waals surface area contributed by atoms with E-state index in [-0.39, 0.29) is 11.6 Å². The number of aryl methyl sites for hydroxylation is 1. The van der Waals surface area contributed by atoms with Gasteiger partial charge in [-0.2, -0.15) is 5.10 Å². The van der Waals surface area contributed by atoms with E-state index in [1.807, 2.05) is 30.3 Å². The number of rotatable bonds is 3. The Bertz CT molecular complexity index is 1120. The van der Waals surface area contributed by atoms with Crippen LogP contribution in [0.2, 0.25) is 0 Å². The van der Waals surface area contributed by atoms with Gasteiger partial charge in [0.05, 0.1) is 34.8 Å². The van der Waals surface area contributed by atoms with Crippen LogP contribution in [0.3, 0.4) is 0 Å². The van der Waals surface area contributed by atoms with E-state index in [0.29, 0.717) is 22.3 Å². The van der Waals surface area contributed by atoms with E-state index in [9.17, 15) is 9.59 Å². The first-order valence-electron chi connectivity index (χ1n) is 7.72. The topological polar surface area (TPSA) is 84.7 Å². The highest BCUT2D eigenvalue weighted by Crippen LogP contribution is 2.15. The Balaban J connectivity index is 1.59. The molecule has 0 aliphatic carbocycles. The number of nitrogens with one attached hydrogen (secondary N) is 2. The third-order valence-corrected chi connectivity index (χ3v) is 4.03. The van der Waals surface area contributed by atoms with E-state index >= 15 is 0 Å². The first kappa shape index (κ1) is 14.9. The van der Waals surface area contributed by atoms with E-state index in [4.69, 9.17) is 0 Å². The van der Waals surface area contributed by atoms with Crippen LogP contribution in [0, 0.1) is 0 Å². The van der Waals surface area contributed by atoms with Crippen molar-refractivity contribution in [3.63, 3.8) is 0 Å². The van der Waals surface area contributed by atoms with E-state index in [1.54, 1.807) is 42.3 Å². The van der Waals surface area contributed by atoms with Crippen LogP contribution in [0.4, 0.5) is 5.69 Å². The lowest BCUT2D eigenvalue weighted by atomic mass is 10.2. The van der Waals surface area contributed by atoms with Crippen molar-refractivity contribution < 1.29 is 4.79 Å². The minimum Gasteiger partial charge on any atom is -0.319 e. The minimum absolute atomic E-state index is 0.211. The number of fused-ring (bicyclic) bond motifs is 1. The normalized spacial score (nSPS) is 10.9. The fraction of sp³-hybridized carbons (Fsp3) is 0.0556. The van der Waals surface area contributed by atoms with Gasteiger partial charge in [0.15, 0.2) is 0 Å². The minimum atomic E-state index is -0.261. The summed E-state index contributed by atoms with van der Waals surface area (Å²) in [6.45, 7) is 0. The molecule has 1 amide bonds. The molecule has 2 N–H and O–H groups in total. The van der Waals surface area contributed by atoms with E-state index in [2.05, 4.69) is 15.4 Å². The molecule has 0 spiro atoms. The Morgan fingerprint density at radius 1 is 1.16 bits per heavy atom. The third-order valence-electron chi connectivity index (χ3n) is 4.03. The van der Waals surface area contributed by atoms with Gasteiger partial charge < -0.3 is 10.3 Å². The number of hydrogen-bond donors (Lipinski definition) is 2. The van der Waals surface area contributed by atoms with Gasteiger partial charge in [0, 0.05) is 12.6 Å². The highest BCUT2D eigenvalue weighted by atomic mass is 16.2. The lowest BCUT2D eigenvalue weighted by molar-refractivity contribution is 0.102. The molecular weight excluding hydrogens is 318 g/mol. The first-order valence-corrected chi connectivity index (χ1v) is 7.72. The summed E-state index contributed by atoms with van der Waals surface area (Å²) in [7, 11) is 1.66. The number of anilines is 1. The van der Waals surface area contributed by atoms with Gasteiger partial charge in [-0.25, -0.2) is 9.48 Å². The Morgan fingerprint density at radius 2 is 1.96 bits per heavy atom. The number of H-pyrrole nitrogens is 1. The molecule has 0 saturated heterocycles. The fourth-order valence-electron chi connectivity index (χ4n) is 2.68. The summed E-state index contributed by atoms with van der Waals surface area (Å²) in [6, 6.07) is 14.7. The van der Waals surface area contributed by atoms with Crippen LogP contribution < -0.4 is 11.0 Å². The molecule has 25 heavy (non-hydrogen) atoms. The van der Waals surface area contributed by atoms with Crippen LogP contribution in [0.5, 0.6) is 0 Å². The van der Waals surface area contributed by atoms with Crippen LogP contribution in [0.25, 0.3) is 16.7 Å². The maximum absolute atomic E-state index is 12.5. The van der Waals surface area contributed by atoms with E-state index in [1.165, 1.54) is 4.57 Å². The zero-order valence-corrected chi connectivity index (χ0v) is 13.4. The highest BCUT2D eigenvalue weighted by Gasteiger charge is 2.11. The lowest BCUT2D eigenvalue weighted by Crippen LogP contribution is -2.13. The van der Waals surface area contributed by atoms with Crippen molar-refractivity contribution in [2.24, 2.45) is 7.05 Å². The van der Waals surface area contributed by atoms with Crippen molar-refractivity contribution in [2.45, 2.75) is 0 Å². The molecule has 2 aromatic heterocycles. The largest absolute Gasteiger partial charge is 0.326 e. The van der Waals surface area contributed by atoms with Gasteiger partial charge >= 0.3 is 5.69 Å². The van der Waals surface area contributed by atoms with Gasteiger partial charge in [-0.15, -0.1) is 0 Å². The Morgan fingerprint density at radius 3 is 2.76 bits per heavy atom. The Labute approximate surface area is 142 Å². The molecule has 0 bridgehead atoms. The maximum Gasteiger partial charge on any atom is 0.326 e. The fourth-order valence-corrected chi connectivity index (χ4v) is 2.68. The molecule has 4 aromatic rings. The van der Waals surface area contributed by atoms with Gasteiger partial charge in [0.2, 0.25) is 0 Å². The molecule has 7 heteroatoms. The van der Waals surface area contributed by atoms with Gasteiger partial charge in [0.25, 0.3) is 5.91 Å². The van der Waals surface area contributed by atoms with Crippen molar-refractivity contribution in [1.29, 1.82) is 0 Å². The predicted octanol–water partition coefficient (Wildman–Crippen LogP) is 2.30. The molecule has 4 rings (SSSR count). The molecule has 0 fully saturated rings. The Hall–Kier alpha value is -3.61. The van der Waals surface area contributed by atoms with Crippen molar-refractivity contribution in [1.82, 2.24) is 19.3 Å². The molecule has 0 unspecified atom stereocenters. The van der Waals surface area contributed by atoms with Crippen LogP contribution >= 0.6 is 0 Å². The number of para-hydroxylation sites is 1. The molecule has 2 heterocycles. The summed E-state index contributed by atoms with van der Waals surface area (Å²) in [5.74, 6) is -0.261. The number of aromatic amines is 1. The summed E-state index contributed by atoms with van der Waals surface area (Å²) < 4.78 is 3.16. The van der Waals surface area contributed by atoms with Crippen molar-refractivity contribution >= 4 is 22.6 Å². The first-order chi connectivity index (χ1) is 12.1. The average Bonchev–Trinajstić information content (AvgIpc) is 3.21. The zero-order valence-electron chi connectivity index (χ0n) is 13.4. The molecule has 0 aliphatic heterocycles. The Kier molecular flexibility index (Phi) is 3.46. The number of nitrogens with zero attached hydrogens (tertiary/aromatic N) is 3. The summed E-state index contributed by atoms with van der Waals surface area (Å²) in [4.78, 5) is 26.8. The molecule has 2 aromatic carbocycles. The molecular formula is C18H15N5O2. The second-order valence-electron chi connectivity index (χ2n) is 5.68. The van der Waals surface area contributed by atoms with E-state index < -0.39 is 0 Å². The van der Waals surface area contributed by atoms with Crippen molar-refractivity contribution in [3.8, 4) is 5.69 Å². The van der Waals surface area contributed by atoms with Crippen molar-refractivity contribution in [2.75, 3.05) is 5.32 Å². The van der Waals surface area contributed by atoms with Crippen molar-refractivity contribution in [3.05, 3.63) is 77.0 Å². The quantitative estimate of drug-likeness (QED) is 0.603. The number of hydrogen-bond acceptors (Lipinski definition) is 3. The maximum atomic E-state index is 12.5. The number of carbonyl (C=O) groups is 1. The van der Waals surface area contributed by atoms with Crippen LogP contribution in [0.1, 0.15) is 10.4 Å². The molecule has 124 valence electrons. The number of aromatic nitrogens is 4. The van der Waals surface area contributed by atoms with Crippen LogP contribution in [-0.4, -0.2) is 25.2 Å². The zero-order chi connectivity index (χ0) is 17.4. The second kappa shape index (κ2) is 5.79. The number of amides is 1. The third kappa shape index (κ3) is 2.72. The molecule has 0 radical (unpaired) electrons. The van der Waals surface area contributed by atoms with Crippen LogP contribution in [-0.2, 0) is 7.05 Å². The van der Waals surface area contributed by atoms with Gasteiger partial charge in [-0.1, -0.05) is 18.2 Å². The lowest BCUT2D eigenvalue weighted by Gasteiger charge is -2.03. The van der Waals surface area contributed by atoms with Gasteiger partial charge in [0.1, 0.15) is 0 Å². The molecule has 7 nitrogen and oxygen atoms in total. The highest BCUT2D eigenvalue weighted by molar-refractivity contribution is 6.05. The molecule has 0 atom stereocenters. The average molecular weight is 333 g/mol.